The minimum Gasteiger partial charge on any atom is -0.465 e. The third-order valence-electron chi connectivity index (χ3n) is 5.05. The number of rotatable bonds is 3. The van der Waals surface area contributed by atoms with Gasteiger partial charge in [-0.05, 0) is 24.6 Å². The van der Waals surface area contributed by atoms with Gasteiger partial charge >= 0.3 is 5.97 Å². The molecule has 1 unspecified atom stereocenters. The summed E-state index contributed by atoms with van der Waals surface area (Å²) < 4.78 is 6.40. The van der Waals surface area contributed by atoms with E-state index in [4.69, 9.17) is 4.74 Å². The molecular formula is C20H17N7O3S. The number of carbonyl (C=O) groups is 2. The van der Waals surface area contributed by atoms with Crippen molar-refractivity contribution in [1.29, 1.82) is 0 Å². The summed E-state index contributed by atoms with van der Waals surface area (Å²) in [6, 6.07) is 7.19. The molecule has 5 rings (SSSR count). The number of aromatic amines is 1. The zero-order valence-electron chi connectivity index (χ0n) is 16.6. The fraction of sp³-hybridized carbons (Fsp3) is 0.200. The number of aryl methyl sites for hydroxylation is 1. The van der Waals surface area contributed by atoms with Gasteiger partial charge in [-0.3, -0.25) is 4.79 Å². The molecule has 1 aromatic carbocycles. The van der Waals surface area contributed by atoms with Crippen molar-refractivity contribution in [3.05, 3.63) is 59.3 Å². The number of hydrogen-bond donors (Lipinski definition) is 2. The number of carbonyl (C=O) groups excluding carboxylic acids is 2. The highest BCUT2D eigenvalue weighted by molar-refractivity contribution is 8.00. The summed E-state index contributed by atoms with van der Waals surface area (Å²) in [6.07, 6.45) is 2.95. The number of nitrogens with zero attached hydrogens (tertiary/aromatic N) is 5. The quantitative estimate of drug-likeness (QED) is 0.470. The first-order valence-electron chi connectivity index (χ1n) is 9.40. The van der Waals surface area contributed by atoms with Gasteiger partial charge in [-0.25, -0.2) is 19.7 Å². The molecule has 10 nitrogen and oxygen atoms in total. The standard InChI is InChI=1S/C20H17N7O3S/c1-10-14-16(11-3-5-12(6-4-11)20(29)30-2)31-7-13(28)25-18(14)27(26-10)19-15-17(22-8-21-15)23-9-24-19/h3-6,8-9,16H,7H2,1-2H3,(H,25,28)(H,21,22,23,24). The van der Waals surface area contributed by atoms with Crippen LogP contribution in [-0.4, -0.2) is 54.5 Å². The van der Waals surface area contributed by atoms with Crippen molar-refractivity contribution < 1.29 is 14.3 Å². The van der Waals surface area contributed by atoms with Crippen LogP contribution in [0.25, 0.3) is 17.0 Å². The van der Waals surface area contributed by atoms with E-state index in [-0.39, 0.29) is 16.9 Å². The van der Waals surface area contributed by atoms with E-state index >= 15 is 0 Å². The lowest BCUT2D eigenvalue weighted by molar-refractivity contribution is -0.113. The van der Waals surface area contributed by atoms with Crippen LogP contribution < -0.4 is 5.32 Å². The predicted molar refractivity (Wildman–Crippen MR) is 114 cm³/mol. The Labute approximate surface area is 180 Å². The SMILES string of the molecule is COC(=O)c1ccc(C2SCC(=O)Nc3c2c(C)nn3-c2ncnc3nc[nH]c23)cc1. The fourth-order valence-electron chi connectivity index (χ4n) is 3.62. The Morgan fingerprint density at radius 2 is 2.03 bits per heavy atom. The molecule has 3 aromatic heterocycles. The summed E-state index contributed by atoms with van der Waals surface area (Å²) in [5.41, 5.74) is 4.20. The van der Waals surface area contributed by atoms with Crippen LogP contribution in [0.3, 0.4) is 0 Å². The highest BCUT2D eigenvalue weighted by atomic mass is 32.2. The third kappa shape index (κ3) is 3.22. The van der Waals surface area contributed by atoms with Crippen molar-refractivity contribution in [1.82, 2.24) is 29.7 Å². The van der Waals surface area contributed by atoms with Crippen LogP contribution in [0.2, 0.25) is 0 Å². The van der Waals surface area contributed by atoms with Gasteiger partial charge in [-0.15, -0.1) is 11.8 Å². The number of fused-ring (bicyclic) bond motifs is 2. The average molecular weight is 435 g/mol. The van der Waals surface area contributed by atoms with Crippen LogP contribution in [0.5, 0.6) is 0 Å². The molecule has 0 saturated carbocycles. The van der Waals surface area contributed by atoms with Crippen LogP contribution in [0.4, 0.5) is 5.82 Å². The van der Waals surface area contributed by atoms with Crippen molar-refractivity contribution in [2.24, 2.45) is 0 Å². The Balaban J connectivity index is 1.65. The molecule has 2 N–H and O–H groups in total. The number of anilines is 1. The molecule has 1 aliphatic rings. The summed E-state index contributed by atoms with van der Waals surface area (Å²) >= 11 is 1.50. The van der Waals surface area contributed by atoms with Crippen molar-refractivity contribution in [3.8, 4) is 5.82 Å². The molecule has 1 aliphatic heterocycles. The van der Waals surface area contributed by atoms with E-state index < -0.39 is 5.97 Å². The molecule has 4 aromatic rings. The summed E-state index contributed by atoms with van der Waals surface area (Å²) in [4.78, 5) is 40.0. The number of methoxy groups -OCH3 is 1. The Hall–Kier alpha value is -3.73. The highest BCUT2D eigenvalue weighted by Gasteiger charge is 2.31. The van der Waals surface area contributed by atoms with Gasteiger partial charge in [0, 0.05) is 5.56 Å². The Kier molecular flexibility index (Phi) is 4.66. The zero-order chi connectivity index (χ0) is 21.5. The minimum atomic E-state index is -0.395. The van der Waals surface area contributed by atoms with Gasteiger partial charge in [0.2, 0.25) is 5.91 Å². The molecule has 11 heteroatoms. The van der Waals surface area contributed by atoms with E-state index in [1.54, 1.807) is 16.8 Å². The van der Waals surface area contributed by atoms with E-state index in [1.165, 1.54) is 31.5 Å². The lowest BCUT2D eigenvalue weighted by Crippen LogP contribution is -2.16. The van der Waals surface area contributed by atoms with E-state index in [9.17, 15) is 9.59 Å². The predicted octanol–water partition coefficient (Wildman–Crippen LogP) is 2.41. The molecule has 0 saturated heterocycles. The first kappa shape index (κ1) is 19.2. The maximum atomic E-state index is 12.5. The number of aromatic nitrogens is 6. The number of esters is 1. The van der Waals surface area contributed by atoms with Crippen molar-refractivity contribution in [3.63, 3.8) is 0 Å². The second-order valence-electron chi connectivity index (χ2n) is 6.91. The summed E-state index contributed by atoms with van der Waals surface area (Å²) in [5.74, 6) is 0.814. The number of nitrogens with one attached hydrogen (secondary N) is 2. The van der Waals surface area contributed by atoms with Crippen molar-refractivity contribution >= 4 is 40.6 Å². The molecule has 0 bridgehead atoms. The van der Waals surface area contributed by atoms with Gasteiger partial charge in [0.05, 0.1) is 35.7 Å². The Morgan fingerprint density at radius 1 is 1.23 bits per heavy atom. The Morgan fingerprint density at radius 3 is 2.81 bits per heavy atom. The molecule has 1 amide bonds. The molecule has 0 aliphatic carbocycles. The number of benzene rings is 1. The molecular weight excluding hydrogens is 418 g/mol. The van der Waals surface area contributed by atoms with E-state index in [0.717, 1.165) is 16.8 Å². The number of amides is 1. The molecule has 0 fully saturated rings. The molecule has 156 valence electrons. The average Bonchev–Trinajstić information content (AvgIpc) is 3.34. The third-order valence-corrected chi connectivity index (χ3v) is 6.32. The molecule has 4 heterocycles. The second kappa shape index (κ2) is 7.51. The van der Waals surface area contributed by atoms with E-state index in [2.05, 4.69) is 30.4 Å². The van der Waals surface area contributed by atoms with Crippen LogP contribution in [0.1, 0.15) is 32.4 Å². The smallest absolute Gasteiger partial charge is 0.337 e. The lowest BCUT2D eigenvalue weighted by Gasteiger charge is -2.15. The van der Waals surface area contributed by atoms with Gasteiger partial charge < -0.3 is 15.0 Å². The monoisotopic (exact) mass is 435 g/mol. The first-order chi connectivity index (χ1) is 15.1. The van der Waals surface area contributed by atoms with E-state index in [1.807, 2.05) is 19.1 Å². The normalized spacial score (nSPS) is 15.9. The first-order valence-corrected chi connectivity index (χ1v) is 10.5. The minimum absolute atomic E-state index is 0.129. The van der Waals surface area contributed by atoms with Gasteiger partial charge in [0.1, 0.15) is 17.7 Å². The molecule has 0 radical (unpaired) electrons. The van der Waals surface area contributed by atoms with Gasteiger partial charge in [0.25, 0.3) is 0 Å². The fourth-order valence-corrected chi connectivity index (χ4v) is 4.81. The molecule has 1 atom stereocenters. The maximum Gasteiger partial charge on any atom is 0.337 e. The van der Waals surface area contributed by atoms with Crippen LogP contribution >= 0.6 is 11.8 Å². The number of H-pyrrole nitrogens is 1. The zero-order valence-corrected chi connectivity index (χ0v) is 17.4. The largest absolute Gasteiger partial charge is 0.465 e. The van der Waals surface area contributed by atoms with Gasteiger partial charge in [-0.2, -0.15) is 9.78 Å². The van der Waals surface area contributed by atoms with E-state index in [0.29, 0.717) is 28.4 Å². The summed E-state index contributed by atoms with van der Waals surface area (Å²) in [7, 11) is 1.35. The summed E-state index contributed by atoms with van der Waals surface area (Å²) in [6.45, 7) is 1.90. The second-order valence-corrected chi connectivity index (χ2v) is 8.00. The topological polar surface area (TPSA) is 128 Å². The van der Waals surface area contributed by atoms with Gasteiger partial charge in [-0.1, -0.05) is 12.1 Å². The molecule has 31 heavy (non-hydrogen) atoms. The number of thioether (sulfide) groups is 1. The summed E-state index contributed by atoms with van der Waals surface area (Å²) in [5, 5.41) is 7.50. The van der Waals surface area contributed by atoms with Crippen molar-refractivity contribution in [2.45, 2.75) is 12.2 Å². The maximum absolute atomic E-state index is 12.5. The Bertz CT molecular complexity index is 1310. The highest BCUT2D eigenvalue weighted by Crippen LogP contribution is 2.44. The number of hydrogen-bond acceptors (Lipinski definition) is 8. The van der Waals surface area contributed by atoms with Gasteiger partial charge in [0.15, 0.2) is 11.5 Å². The molecule has 0 spiro atoms. The number of ether oxygens (including phenoxy) is 1. The lowest BCUT2D eigenvalue weighted by atomic mass is 10.0. The van der Waals surface area contributed by atoms with Crippen LogP contribution in [-0.2, 0) is 9.53 Å². The van der Waals surface area contributed by atoms with Crippen molar-refractivity contribution in [2.75, 3.05) is 18.2 Å². The number of imidazole rings is 1. The van der Waals surface area contributed by atoms with Crippen LogP contribution in [0, 0.1) is 6.92 Å². The van der Waals surface area contributed by atoms with Crippen LogP contribution in [0.15, 0.2) is 36.9 Å².